The van der Waals surface area contributed by atoms with E-state index in [1.165, 1.54) is 37.5 Å². The fourth-order valence-electron chi connectivity index (χ4n) is 3.03. The lowest BCUT2D eigenvalue weighted by atomic mass is 9.92. The van der Waals surface area contributed by atoms with Gasteiger partial charge in [0, 0.05) is 23.9 Å². The third-order valence-corrected chi connectivity index (χ3v) is 5.53. The molecule has 0 spiro atoms. The van der Waals surface area contributed by atoms with Crippen LogP contribution in [0, 0.1) is 5.82 Å². The van der Waals surface area contributed by atoms with Gasteiger partial charge in [0.05, 0.1) is 19.9 Å². The van der Waals surface area contributed by atoms with E-state index in [1.807, 2.05) is 36.6 Å². The van der Waals surface area contributed by atoms with Gasteiger partial charge in [-0.05, 0) is 36.8 Å². The number of hydrogen-bond acceptors (Lipinski definition) is 5. The Morgan fingerprint density at radius 1 is 1.14 bits per heavy atom. The number of thiazole rings is 1. The topological polar surface area (TPSA) is 60.5 Å². The molecule has 2 aromatic carbocycles. The number of hydrogen-bond donors (Lipinski definition) is 1. The molecule has 5 nitrogen and oxygen atoms in total. The summed E-state index contributed by atoms with van der Waals surface area (Å²) in [6.45, 7) is 3.38. The van der Waals surface area contributed by atoms with Crippen molar-refractivity contribution >= 4 is 17.2 Å². The second kappa shape index (κ2) is 7.98. The minimum atomic E-state index is -0.825. The van der Waals surface area contributed by atoms with E-state index in [9.17, 15) is 9.18 Å². The standard InChI is InChI=1S/C21H21FN2O3S/c1-13(25)24-21(2,14-5-8-16(26-3)9-6-14)20-23-18(12-28-20)17-10-7-15(22)11-19(17)27-4/h5-12H,1-4H3,(H,24,25). The van der Waals surface area contributed by atoms with E-state index in [0.29, 0.717) is 22.0 Å². The van der Waals surface area contributed by atoms with Gasteiger partial charge in [-0.3, -0.25) is 4.79 Å². The molecule has 0 aliphatic rings. The van der Waals surface area contributed by atoms with Crippen LogP contribution in [-0.2, 0) is 10.3 Å². The highest BCUT2D eigenvalue weighted by molar-refractivity contribution is 7.10. The Morgan fingerprint density at radius 3 is 2.46 bits per heavy atom. The fourth-order valence-corrected chi connectivity index (χ4v) is 3.99. The van der Waals surface area contributed by atoms with E-state index in [2.05, 4.69) is 5.32 Å². The van der Waals surface area contributed by atoms with Crippen molar-refractivity contribution in [2.75, 3.05) is 14.2 Å². The van der Waals surface area contributed by atoms with Gasteiger partial charge >= 0.3 is 0 Å². The van der Waals surface area contributed by atoms with Crippen molar-refractivity contribution in [3.63, 3.8) is 0 Å². The molecule has 1 heterocycles. The molecule has 1 unspecified atom stereocenters. The maximum atomic E-state index is 13.5. The van der Waals surface area contributed by atoms with Gasteiger partial charge in [0.2, 0.25) is 5.91 Å². The van der Waals surface area contributed by atoms with Crippen molar-refractivity contribution in [1.29, 1.82) is 0 Å². The molecule has 1 aromatic heterocycles. The van der Waals surface area contributed by atoms with Crippen molar-refractivity contribution in [2.45, 2.75) is 19.4 Å². The first-order chi connectivity index (χ1) is 13.4. The molecule has 0 saturated carbocycles. The molecule has 0 aliphatic carbocycles. The van der Waals surface area contributed by atoms with Gasteiger partial charge in [0.1, 0.15) is 27.9 Å². The van der Waals surface area contributed by atoms with Crippen LogP contribution in [-0.4, -0.2) is 25.1 Å². The van der Waals surface area contributed by atoms with Crippen molar-refractivity contribution in [1.82, 2.24) is 10.3 Å². The molecule has 146 valence electrons. The SMILES string of the molecule is COc1ccc(C(C)(NC(C)=O)c2nc(-c3ccc(F)cc3OC)cs2)cc1. The predicted octanol–water partition coefficient (Wildman–Crippen LogP) is 4.37. The number of nitrogens with zero attached hydrogens (tertiary/aromatic N) is 1. The van der Waals surface area contributed by atoms with E-state index >= 15 is 0 Å². The Hall–Kier alpha value is -2.93. The number of amides is 1. The van der Waals surface area contributed by atoms with Crippen LogP contribution in [0.4, 0.5) is 4.39 Å². The zero-order valence-corrected chi connectivity index (χ0v) is 16.9. The Morgan fingerprint density at radius 2 is 1.86 bits per heavy atom. The normalized spacial score (nSPS) is 12.9. The number of rotatable bonds is 6. The molecule has 0 fully saturated rings. The number of methoxy groups -OCH3 is 2. The van der Waals surface area contributed by atoms with E-state index in [1.54, 1.807) is 13.2 Å². The molecule has 0 bridgehead atoms. The summed E-state index contributed by atoms with van der Waals surface area (Å²) in [5.74, 6) is 0.583. The third-order valence-electron chi connectivity index (χ3n) is 4.46. The minimum Gasteiger partial charge on any atom is -0.497 e. The summed E-state index contributed by atoms with van der Waals surface area (Å²) in [5.41, 5.74) is 1.39. The van der Waals surface area contributed by atoms with Crippen LogP contribution in [0.1, 0.15) is 24.4 Å². The maximum absolute atomic E-state index is 13.5. The number of benzene rings is 2. The second-order valence-electron chi connectivity index (χ2n) is 6.42. The van der Waals surface area contributed by atoms with Crippen molar-refractivity contribution in [2.24, 2.45) is 0 Å². The molecule has 0 aliphatic heterocycles. The molecule has 0 radical (unpaired) electrons. The Balaban J connectivity index is 2.06. The highest BCUT2D eigenvalue weighted by Crippen LogP contribution is 2.37. The smallest absolute Gasteiger partial charge is 0.217 e. The second-order valence-corrected chi connectivity index (χ2v) is 7.28. The summed E-state index contributed by atoms with van der Waals surface area (Å²) in [5, 5.41) is 5.58. The van der Waals surface area contributed by atoms with Crippen molar-refractivity contribution < 1.29 is 18.7 Å². The molecule has 3 aromatic rings. The van der Waals surface area contributed by atoms with Crippen LogP contribution < -0.4 is 14.8 Å². The van der Waals surface area contributed by atoms with Crippen LogP contribution in [0.5, 0.6) is 11.5 Å². The highest BCUT2D eigenvalue weighted by Gasteiger charge is 2.33. The Labute approximate surface area is 167 Å². The zero-order valence-electron chi connectivity index (χ0n) is 16.1. The lowest BCUT2D eigenvalue weighted by molar-refractivity contribution is -0.120. The summed E-state index contributed by atoms with van der Waals surface area (Å²) in [7, 11) is 3.09. The Bertz CT molecular complexity index is 988. The summed E-state index contributed by atoms with van der Waals surface area (Å²) in [6.07, 6.45) is 0. The summed E-state index contributed by atoms with van der Waals surface area (Å²) < 4.78 is 24.0. The van der Waals surface area contributed by atoms with Crippen LogP contribution in [0.15, 0.2) is 47.8 Å². The summed E-state index contributed by atoms with van der Waals surface area (Å²) >= 11 is 1.42. The molecule has 28 heavy (non-hydrogen) atoms. The summed E-state index contributed by atoms with van der Waals surface area (Å²) in [6, 6.07) is 11.8. The van der Waals surface area contributed by atoms with Gasteiger partial charge < -0.3 is 14.8 Å². The number of ether oxygens (including phenoxy) is 2. The van der Waals surface area contributed by atoms with E-state index in [0.717, 1.165) is 11.3 Å². The van der Waals surface area contributed by atoms with Gasteiger partial charge in [-0.1, -0.05) is 12.1 Å². The average Bonchev–Trinajstić information content (AvgIpc) is 3.18. The van der Waals surface area contributed by atoms with Gasteiger partial charge in [-0.15, -0.1) is 11.3 Å². The molecule has 0 saturated heterocycles. The largest absolute Gasteiger partial charge is 0.497 e. The summed E-state index contributed by atoms with van der Waals surface area (Å²) in [4.78, 5) is 16.7. The molecule has 3 rings (SSSR count). The van der Waals surface area contributed by atoms with Crippen LogP contribution in [0.25, 0.3) is 11.3 Å². The maximum Gasteiger partial charge on any atom is 0.217 e. The lowest BCUT2D eigenvalue weighted by Gasteiger charge is -2.29. The minimum absolute atomic E-state index is 0.172. The van der Waals surface area contributed by atoms with Crippen LogP contribution in [0.3, 0.4) is 0 Å². The number of aromatic nitrogens is 1. The lowest BCUT2D eigenvalue weighted by Crippen LogP contribution is -2.43. The van der Waals surface area contributed by atoms with Crippen LogP contribution in [0.2, 0.25) is 0 Å². The molecular weight excluding hydrogens is 379 g/mol. The molecule has 1 N–H and O–H groups in total. The highest BCUT2D eigenvalue weighted by atomic mass is 32.1. The van der Waals surface area contributed by atoms with Gasteiger partial charge in [-0.25, -0.2) is 9.37 Å². The fraction of sp³-hybridized carbons (Fsp3) is 0.238. The predicted molar refractivity (Wildman–Crippen MR) is 107 cm³/mol. The zero-order chi connectivity index (χ0) is 20.3. The average molecular weight is 400 g/mol. The number of carbonyl (C=O) groups is 1. The Kier molecular flexibility index (Phi) is 5.65. The number of carbonyl (C=O) groups excluding carboxylic acids is 1. The molecule has 1 atom stereocenters. The molecular formula is C21H21FN2O3S. The van der Waals surface area contributed by atoms with Gasteiger partial charge in [0.25, 0.3) is 0 Å². The third kappa shape index (κ3) is 3.84. The van der Waals surface area contributed by atoms with Gasteiger partial charge in [-0.2, -0.15) is 0 Å². The first-order valence-corrected chi connectivity index (χ1v) is 9.48. The monoisotopic (exact) mass is 400 g/mol. The van der Waals surface area contributed by atoms with E-state index < -0.39 is 5.54 Å². The van der Waals surface area contributed by atoms with Crippen molar-refractivity contribution in [3.8, 4) is 22.8 Å². The van der Waals surface area contributed by atoms with Crippen molar-refractivity contribution in [3.05, 3.63) is 64.2 Å². The number of nitrogens with one attached hydrogen (secondary N) is 1. The number of halogens is 1. The first-order valence-electron chi connectivity index (χ1n) is 8.60. The molecule has 7 heteroatoms. The van der Waals surface area contributed by atoms with Gasteiger partial charge in [0.15, 0.2) is 0 Å². The van der Waals surface area contributed by atoms with E-state index in [-0.39, 0.29) is 11.7 Å². The first kappa shape index (κ1) is 19.8. The van der Waals surface area contributed by atoms with E-state index in [4.69, 9.17) is 14.5 Å². The van der Waals surface area contributed by atoms with Crippen LogP contribution >= 0.6 is 11.3 Å². The molecule has 1 amide bonds. The quantitative estimate of drug-likeness (QED) is 0.668.